The molecule has 17 heavy (non-hydrogen) atoms. The second-order valence-corrected chi connectivity index (χ2v) is 4.48. The summed E-state index contributed by atoms with van der Waals surface area (Å²) in [7, 11) is 0. The van der Waals surface area contributed by atoms with Gasteiger partial charge < -0.3 is 10.0 Å². The van der Waals surface area contributed by atoms with Crippen molar-refractivity contribution in [1.82, 2.24) is 9.88 Å². The molecule has 0 unspecified atom stereocenters. The van der Waals surface area contributed by atoms with Crippen LogP contribution in [-0.2, 0) is 0 Å². The number of aliphatic hydroxyl groups is 1. The average molecular weight is 234 g/mol. The summed E-state index contributed by atoms with van der Waals surface area (Å²) in [6, 6.07) is 4.00. The predicted molar refractivity (Wildman–Crippen MR) is 64.7 cm³/mol. The molecule has 0 saturated heterocycles. The molecule has 1 aliphatic carbocycles. The lowest BCUT2D eigenvalue weighted by molar-refractivity contribution is 0.0519. The molecule has 0 spiro atoms. The summed E-state index contributed by atoms with van der Waals surface area (Å²) in [5, 5.41) is 9.06. The number of rotatable bonds is 4. The van der Waals surface area contributed by atoms with Crippen LogP contribution in [0.15, 0.2) is 18.3 Å². The molecule has 0 aromatic carbocycles. The van der Waals surface area contributed by atoms with E-state index < -0.39 is 0 Å². The van der Waals surface area contributed by atoms with Crippen molar-refractivity contribution in [1.29, 1.82) is 0 Å². The van der Waals surface area contributed by atoms with Crippen LogP contribution in [0.3, 0.4) is 0 Å². The van der Waals surface area contributed by atoms with Crippen LogP contribution in [0.4, 0.5) is 0 Å². The molecule has 1 aromatic heterocycles. The Bertz CT molecular complexity index is 402. The van der Waals surface area contributed by atoms with Crippen molar-refractivity contribution in [2.75, 3.05) is 13.2 Å². The number of pyridine rings is 1. The zero-order valence-corrected chi connectivity index (χ0v) is 10.1. The maximum absolute atomic E-state index is 12.3. The standard InChI is InChI=1S/C13H18N2O2/c1-10-4-3-7-14-12(10)13(17)15(8-9-16)11-5-2-6-11/h3-4,7,11,16H,2,5-6,8-9H2,1H3. The third-order valence-electron chi connectivity index (χ3n) is 3.33. The van der Waals surface area contributed by atoms with Gasteiger partial charge in [-0.25, -0.2) is 0 Å². The summed E-state index contributed by atoms with van der Waals surface area (Å²) >= 11 is 0. The maximum atomic E-state index is 12.3. The Morgan fingerprint density at radius 3 is 2.88 bits per heavy atom. The molecule has 4 nitrogen and oxygen atoms in total. The van der Waals surface area contributed by atoms with E-state index in [2.05, 4.69) is 4.98 Å². The van der Waals surface area contributed by atoms with Crippen molar-refractivity contribution >= 4 is 5.91 Å². The van der Waals surface area contributed by atoms with Crippen molar-refractivity contribution in [2.24, 2.45) is 0 Å². The SMILES string of the molecule is Cc1cccnc1C(=O)N(CCO)C1CCC1. The number of carbonyl (C=O) groups excluding carboxylic acids is 1. The number of amides is 1. The fourth-order valence-corrected chi connectivity index (χ4v) is 2.10. The van der Waals surface area contributed by atoms with Gasteiger partial charge in [-0.15, -0.1) is 0 Å². The van der Waals surface area contributed by atoms with Gasteiger partial charge in [0.15, 0.2) is 0 Å². The highest BCUT2D eigenvalue weighted by molar-refractivity contribution is 5.93. The molecule has 0 radical (unpaired) electrons. The number of aliphatic hydroxyl groups excluding tert-OH is 1. The first-order chi connectivity index (χ1) is 8.24. The quantitative estimate of drug-likeness (QED) is 0.856. The monoisotopic (exact) mass is 234 g/mol. The Hall–Kier alpha value is -1.42. The zero-order valence-electron chi connectivity index (χ0n) is 10.1. The Morgan fingerprint density at radius 2 is 2.35 bits per heavy atom. The highest BCUT2D eigenvalue weighted by atomic mass is 16.3. The van der Waals surface area contributed by atoms with Gasteiger partial charge in [0.25, 0.3) is 5.91 Å². The third kappa shape index (κ3) is 2.47. The lowest BCUT2D eigenvalue weighted by atomic mass is 9.91. The van der Waals surface area contributed by atoms with E-state index in [-0.39, 0.29) is 18.6 Å². The van der Waals surface area contributed by atoms with Crippen LogP contribution >= 0.6 is 0 Å². The van der Waals surface area contributed by atoms with Crippen molar-refractivity contribution in [3.63, 3.8) is 0 Å². The van der Waals surface area contributed by atoms with Crippen LogP contribution in [0.2, 0.25) is 0 Å². The van der Waals surface area contributed by atoms with E-state index in [0.717, 1.165) is 18.4 Å². The summed E-state index contributed by atoms with van der Waals surface area (Å²) in [4.78, 5) is 18.3. The Morgan fingerprint density at radius 1 is 1.59 bits per heavy atom. The fraction of sp³-hybridized carbons (Fsp3) is 0.538. The molecule has 1 saturated carbocycles. The summed E-state index contributed by atoms with van der Waals surface area (Å²) < 4.78 is 0. The molecular formula is C13H18N2O2. The van der Waals surface area contributed by atoms with Gasteiger partial charge in [-0.05, 0) is 37.8 Å². The molecule has 4 heteroatoms. The minimum Gasteiger partial charge on any atom is -0.395 e. The predicted octanol–water partition coefficient (Wildman–Crippen LogP) is 1.38. The summed E-state index contributed by atoms with van der Waals surface area (Å²) in [5.41, 5.74) is 1.40. The van der Waals surface area contributed by atoms with Crippen LogP contribution in [0.25, 0.3) is 0 Å². The number of nitrogens with zero attached hydrogens (tertiary/aromatic N) is 2. The second-order valence-electron chi connectivity index (χ2n) is 4.48. The molecule has 0 aliphatic heterocycles. The fourth-order valence-electron chi connectivity index (χ4n) is 2.10. The maximum Gasteiger partial charge on any atom is 0.273 e. The molecule has 92 valence electrons. The van der Waals surface area contributed by atoms with Gasteiger partial charge >= 0.3 is 0 Å². The number of aromatic nitrogens is 1. The highest BCUT2D eigenvalue weighted by Crippen LogP contribution is 2.26. The van der Waals surface area contributed by atoms with Crippen molar-refractivity contribution in [2.45, 2.75) is 32.2 Å². The van der Waals surface area contributed by atoms with Gasteiger partial charge in [0.1, 0.15) is 5.69 Å². The van der Waals surface area contributed by atoms with Gasteiger partial charge in [-0.2, -0.15) is 0 Å². The molecule has 2 rings (SSSR count). The molecule has 1 fully saturated rings. The highest BCUT2D eigenvalue weighted by Gasteiger charge is 2.30. The molecule has 1 N–H and O–H groups in total. The topological polar surface area (TPSA) is 53.4 Å². The smallest absolute Gasteiger partial charge is 0.273 e. The van der Waals surface area contributed by atoms with Crippen LogP contribution in [-0.4, -0.2) is 40.1 Å². The van der Waals surface area contributed by atoms with E-state index in [1.807, 2.05) is 19.1 Å². The van der Waals surface area contributed by atoms with Crippen molar-refractivity contribution < 1.29 is 9.90 Å². The second kappa shape index (κ2) is 5.27. The van der Waals surface area contributed by atoms with E-state index in [1.165, 1.54) is 6.42 Å². The van der Waals surface area contributed by atoms with Crippen LogP contribution in [0.5, 0.6) is 0 Å². The Balaban J connectivity index is 2.18. The molecule has 0 atom stereocenters. The minimum absolute atomic E-state index is 0.00806. The average Bonchev–Trinajstić information content (AvgIpc) is 2.26. The van der Waals surface area contributed by atoms with E-state index in [0.29, 0.717) is 12.2 Å². The van der Waals surface area contributed by atoms with E-state index in [9.17, 15) is 4.79 Å². The van der Waals surface area contributed by atoms with Gasteiger partial charge in [0, 0.05) is 18.8 Å². The summed E-state index contributed by atoms with van der Waals surface area (Å²) in [6.07, 6.45) is 4.88. The van der Waals surface area contributed by atoms with E-state index in [1.54, 1.807) is 11.1 Å². The molecular weight excluding hydrogens is 216 g/mol. The Kier molecular flexibility index (Phi) is 3.74. The summed E-state index contributed by atoms with van der Waals surface area (Å²) in [5.74, 6) is -0.0538. The van der Waals surface area contributed by atoms with Crippen LogP contribution < -0.4 is 0 Å². The molecule has 1 heterocycles. The van der Waals surface area contributed by atoms with Gasteiger partial charge in [-0.1, -0.05) is 6.07 Å². The van der Waals surface area contributed by atoms with Gasteiger partial charge in [0.2, 0.25) is 0 Å². The number of aryl methyl sites for hydroxylation is 1. The number of hydrogen-bond acceptors (Lipinski definition) is 3. The third-order valence-corrected chi connectivity index (χ3v) is 3.33. The molecule has 1 aliphatic rings. The van der Waals surface area contributed by atoms with Crippen molar-refractivity contribution in [3.05, 3.63) is 29.6 Å². The van der Waals surface area contributed by atoms with Gasteiger partial charge in [0.05, 0.1) is 6.61 Å². The molecule has 1 aromatic rings. The number of hydrogen-bond donors (Lipinski definition) is 1. The molecule has 1 amide bonds. The molecule has 0 bridgehead atoms. The van der Waals surface area contributed by atoms with Gasteiger partial charge in [-0.3, -0.25) is 9.78 Å². The minimum atomic E-state index is -0.0538. The first kappa shape index (κ1) is 12.0. The normalized spacial score (nSPS) is 15.4. The van der Waals surface area contributed by atoms with E-state index in [4.69, 9.17) is 5.11 Å². The largest absolute Gasteiger partial charge is 0.395 e. The van der Waals surface area contributed by atoms with Crippen LogP contribution in [0, 0.1) is 6.92 Å². The van der Waals surface area contributed by atoms with Crippen LogP contribution in [0.1, 0.15) is 35.3 Å². The van der Waals surface area contributed by atoms with Crippen molar-refractivity contribution in [3.8, 4) is 0 Å². The summed E-state index contributed by atoms with van der Waals surface area (Å²) in [6.45, 7) is 2.30. The van der Waals surface area contributed by atoms with E-state index >= 15 is 0 Å². The number of carbonyl (C=O) groups is 1. The zero-order chi connectivity index (χ0) is 12.3. The first-order valence-electron chi connectivity index (χ1n) is 6.07. The lowest BCUT2D eigenvalue weighted by Gasteiger charge is -2.37. The first-order valence-corrected chi connectivity index (χ1v) is 6.07. The lowest BCUT2D eigenvalue weighted by Crippen LogP contribution is -2.46. The Labute approximate surface area is 101 Å².